The molecule has 0 spiro atoms. The lowest BCUT2D eigenvalue weighted by Crippen LogP contribution is -2.49. The number of anilines is 1. The summed E-state index contributed by atoms with van der Waals surface area (Å²) in [7, 11) is 0. The third kappa shape index (κ3) is 4.93. The van der Waals surface area contributed by atoms with E-state index in [1.807, 2.05) is 64.1 Å². The molecule has 2 fully saturated rings. The monoisotopic (exact) mass is 422 g/mol. The second-order valence-electron chi connectivity index (χ2n) is 7.96. The van der Waals surface area contributed by atoms with Crippen LogP contribution in [0.4, 0.5) is 15.3 Å². The molecule has 0 bridgehead atoms. The molecule has 31 heavy (non-hydrogen) atoms. The van der Waals surface area contributed by atoms with E-state index < -0.39 is 0 Å². The first-order chi connectivity index (χ1) is 15.2. The summed E-state index contributed by atoms with van der Waals surface area (Å²) in [6.07, 6.45) is 1.59. The summed E-state index contributed by atoms with van der Waals surface area (Å²) in [4.78, 5) is 31.4. The molecule has 1 N–H and O–H groups in total. The Hall–Kier alpha value is -3.22. The van der Waals surface area contributed by atoms with Gasteiger partial charge in [-0.3, -0.25) is 0 Å². The van der Waals surface area contributed by atoms with Crippen LogP contribution in [0.15, 0.2) is 54.6 Å². The van der Waals surface area contributed by atoms with E-state index in [4.69, 9.17) is 4.74 Å². The van der Waals surface area contributed by atoms with E-state index >= 15 is 0 Å². The Bertz CT molecular complexity index is 897. The third-order valence-corrected chi connectivity index (χ3v) is 5.96. The van der Waals surface area contributed by atoms with Gasteiger partial charge < -0.3 is 24.8 Å². The van der Waals surface area contributed by atoms with Gasteiger partial charge in [0.15, 0.2) is 0 Å². The van der Waals surface area contributed by atoms with E-state index in [-0.39, 0.29) is 18.1 Å². The van der Waals surface area contributed by atoms with E-state index in [1.165, 1.54) is 0 Å². The molecule has 4 amide bonds. The van der Waals surface area contributed by atoms with Crippen molar-refractivity contribution >= 4 is 17.7 Å². The standard InChI is InChI=1S/C24H30N4O3/c1-2-31-22-11-7-6-10-21(22)25-23(29)26-14-12-20(13-15-26)28-17-16-27(24(28)30)18-19-8-4-3-5-9-19/h3-11,20H,2,12-18H2,1H3,(H,25,29). The highest BCUT2D eigenvalue weighted by Crippen LogP contribution is 2.26. The molecule has 0 unspecified atom stereocenters. The van der Waals surface area contributed by atoms with Crippen LogP contribution in [0.3, 0.4) is 0 Å². The van der Waals surface area contributed by atoms with Gasteiger partial charge in [-0.2, -0.15) is 0 Å². The van der Waals surface area contributed by atoms with Crippen molar-refractivity contribution in [2.24, 2.45) is 0 Å². The number of para-hydroxylation sites is 2. The van der Waals surface area contributed by atoms with Crippen LogP contribution < -0.4 is 10.1 Å². The molecule has 2 aromatic rings. The van der Waals surface area contributed by atoms with Crippen LogP contribution >= 0.6 is 0 Å². The molecule has 0 aromatic heterocycles. The van der Waals surface area contributed by atoms with Gasteiger partial charge in [-0.05, 0) is 37.5 Å². The van der Waals surface area contributed by atoms with Gasteiger partial charge in [0.25, 0.3) is 0 Å². The largest absolute Gasteiger partial charge is 0.492 e. The Morgan fingerprint density at radius 2 is 1.71 bits per heavy atom. The zero-order chi connectivity index (χ0) is 21.6. The zero-order valence-electron chi connectivity index (χ0n) is 18.0. The third-order valence-electron chi connectivity index (χ3n) is 5.96. The van der Waals surface area contributed by atoms with Crippen LogP contribution in [0.5, 0.6) is 5.75 Å². The summed E-state index contributed by atoms with van der Waals surface area (Å²) in [6, 6.07) is 17.7. The van der Waals surface area contributed by atoms with Crippen molar-refractivity contribution in [3.05, 3.63) is 60.2 Å². The maximum Gasteiger partial charge on any atom is 0.321 e. The van der Waals surface area contributed by atoms with Crippen LogP contribution in [0, 0.1) is 0 Å². The fraction of sp³-hybridized carbons (Fsp3) is 0.417. The number of amides is 4. The number of nitrogens with zero attached hydrogens (tertiary/aromatic N) is 3. The van der Waals surface area contributed by atoms with E-state index in [9.17, 15) is 9.59 Å². The maximum absolute atomic E-state index is 12.9. The van der Waals surface area contributed by atoms with Crippen LogP contribution in [0.1, 0.15) is 25.3 Å². The molecule has 7 nitrogen and oxygen atoms in total. The van der Waals surface area contributed by atoms with Crippen molar-refractivity contribution < 1.29 is 14.3 Å². The Balaban J connectivity index is 1.29. The number of hydrogen-bond acceptors (Lipinski definition) is 3. The zero-order valence-corrected chi connectivity index (χ0v) is 18.0. The first-order valence-electron chi connectivity index (χ1n) is 11.0. The molecular weight excluding hydrogens is 392 g/mol. The number of urea groups is 2. The van der Waals surface area contributed by atoms with E-state index in [0.29, 0.717) is 37.7 Å². The van der Waals surface area contributed by atoms with Crippen molar-refractivity contribution in [1.82, 2.24) is 14.7 Å². The van der Waals surface area contributed by atoms with Crippen molar-refractivity contribution in [1.29, 1.82) is 0 Å². The smallest absolute Gasteiger partial charge is 0.321 e. The highest BCUT2D eigenvalue weighted by Gasteiger charge is 2.36. The number of nitrogens with one attached hydrogen (secondary N) is 1. The Labute approximate surface area is 183 Å². The molecule has 2 aliphatic rings. The highest BCUT2D eigenvalue weighted by molar-refractivity contribution is 5.91. The lowest BCUT2D eigenvalue weighted by molar-refractivity contribution is 0.139. The van der Waals surface area contributed by atoms with Crippen LogP contribution in [0.25, 0.3) is 0 Å². The van der Waals surface area contributed by atoms with Gasteiger partial charge in [-0.25, -0.2) is 9.59 Å². The number of benzene rings is 2. The molecule has 0 radical (unpaired) electrons. The molecule has 2 aromatic carbocycles. The van der Waals surface area contributed by atoms with E-state index in [2.05, 4.69) is 17.4 Å². The number of likely N-dealkylation sites (tertiary alicyclic amines) is 1. The van der Waals surface area contributed by atoms with E-state index in [0.717, 1.165) is 31.5 Å². The Morgan fingerprint density at radius 1 is 1.00 bits per heavy atom. The average Bonchev–Trinajstić information content (AvgIpc) is 3.16. The van der Waals surface area contributed by atoms with Gasteiger partial charge in [0.05, 0.1) is 12.3 Å². The lowest BCUT2D eigenvalue weighted by atomic mass is 10.0. The minimum Gasteiger partial charge on any atom is -0.492 e. The SMILES string of the molecule is CCOc1ccccc1NC(=O)N1CCC(N2CCN(Cc3ccccc3)C2=O)CC1. The molecule has 2 saturated heterocycles. The molecule has 4 rings (SSSR count). The molecule has 0 aliphatic carbocycles. The second kappa shape index (κ2) is 9.73. The van der Waals surface area contributed by atoms with Gasteiger partial charge in [-0.1, -0.05) is 42.5 Å². The average molecular weight is 423 g/mol. The fourth-order valence-corrected chi connectivity index (χ4v) is 4.32. The number of piperidine rings is 1. The highest BCUT2D eigenvalue weighted by atomic mass is 16.5. The summed E-state index contributed by atoms with van der Waals surface area (Å²) in [5.41, 5.74) is 1.83. The number of carbonyl (C=O) groups is 2. The number of rotatable bonds is 6. The van der Waals surface area contributed by atoms with Crippen LogP contribution in [-0.2, 0) is 6.54 Å². The molecule has 0 atom stereocenters. The fourth-order valence-electron chi connectivity index (χ4n) is 4.32. The van der Waals surface area contributed by atoms with E-state index in [1.54, 1.807) is 0 Å². The Morgan fingerprint density at radius 3 is 2.45 bits per heavy atom. The first-order valence-corrected chi connectivity index (χ1v) is 11.0. The van der Waals surface area contributed by atoms with Gasteiger partial charge in [0.2, 0.25) is 0 Å². The maximum atomic E-state index is 12.9. The number of ether oxygens (including phenoxy) is 1. The van der Waals surface area contributed by atoms with Gasteiger partial charge in [0, 0.05) is 38.8 Å². The predicted molar refractivity (Wildman–Crippen MR) is 120 cm³/mol. The molecule has 2 aliphatic heterocycles. The van der Waals surface area contributed by atoms with Crippen LogP contribution in [-0.4, -0.2) is 65.6 Å². The van der Waals surface area contributed by atoms with Crippen molar-refractivity contribution in [3.8, 4) is 5.75 Å². The van der Waals surface area contributed by atoms with Gasteiger partial charge in [0.1, 0.15) is 5.75 Å². The van der Waals surface area contributed by atoms with Gasteiger partial charge >= 0.3 is 12.1 Å². The molecular formula is C24H30N4O3. The molecule has 2 heterocycles. The summed E-state index contributed by atoms with van der Waals surface area (Å²) >= 11 is 0. The van der Waals surface area contributed by atoms with Crippen molar-refractivity contribution in [3.63, 3.8) is 0 Å². The number of hydrogen-bond donors (Lipinski definition) is 1. The van der Waals surface area contributed by atoms with Crippen LogP contribution in [0.2, 0.25) is 0 Å². The van der Waals surface area contributed by atoms with Gasteiger partial charge in [-0.15, -0.1) is 0 Å². The quantitative estimate of drug-likeness (QED) is 0.765. The Kier molecular flexibility index (Phi) is 6.60. The lowest BCUT2D eigenvalue weighted by Gasteiger charge is -2.36. The second-order valence-corrected chi connectivity index (χ2v) is 7.96. The van der Waals surface area contributed by atoms with Crippen molar-refractivity contribution in [2.75, 3.05) is 38.1 Å². The topological polar surface area (TPSA) is 65.1 Å². The normalized spacial score (nSPS) is 17.2. The summed E-state index contributed by atoms with van der Waals surface area (Å²) in [5, 5.41) is 2.97. The number of carbonyl (C=O) groups excluding carboxylic acids is 2. The molecule has 0 saturated carbocycles. The minimum atomic E-state index is -0.121. The molecule has 164 valence electrons. The summed E-state index contributed by atoms with van der Waals surface area (Å²) in [5.74, 6) is 0.675. The summed E-state index contributed by atoms with van der Waals surface area (Å²) in [6.45, 7) is 5.89. The minimum absolute atomic E-state index is 0.109. The first kappa shape index (κ1) is 21.0. The predicted octanol–water partition coefficient (Wildman–Crippen LogP) is 4.02. The molecule has 7 heteroatoms. The summed E-state index contributed by atoms with van der Waals surface area (Å²) < 4.78 is 5.59. The van der Waals surface area contributed by atoms with Crippen molar-refractivity contribution in [2.45, 2.75) is 32.4 Å².